The van der Waals surface area contributed by atoms with Gasteiger partial charge in [-0.15, -0.1) is 0 Å². The van der Waals surface area contributed by atoms with Gasteiger partial charge in [-0.25, -0.2) is 9.97 Å². The van der Waals surface area contributed by atoms with Gasteiger partial charge in [-0.05, 0) is 50.9 Å². The number of benzene rings is 6. The molecule has 0 aliphatic rings. The van der Waals surface area contributed by atoms with Crippen molar-refractivity contribution in [1.29, 1.82) is 0 Å². The lowest BCUT2D eigenvalue weighted by Gasteiger charge is -2.13. The zero-order chi connectivity index (χ0) is 26.5. The zero-order valence-corrected chi connectivity index (χ0v) is 21.8. The quantitative estimate of drug-likeness (QED) is 0.175. The number of hydrogen-bond acceptors (Lipinski definition) is 2. The van der Waals surface area contributed by atoms with Crippen molar-refractivity contribution < 1.29 is 0 Å². The van der Waals surface area contributed by atoms with Crippen molar-refractivity contribution in [2.75, 3.05) is 0 Å². The summed E-state index contributed by atoms with van der Waals surface area (Å²) in [5.74, 6) is 0. The third kappa shape index (κ3) is 3.73. The molecule has 6 aromatic carbocycles. The van der Waals surface area contributed by atoms with Gasteiger partial charge < -0.3 is 0 Å². The Kier molecular flexibility index (Phi) is 5.17. The topological polar surface area (TPSA) is 25.8 Å². The van der Waals surface area contributed by atoms with E-state index in [1.54, 1.807) is 0 Å². The average Bonchev–Trinajstić information content (AvgIpc) is 3.03. The molecule has 0 aliphatic carbocycles. The van der Waals surface area contributed by atoms with Crippen molar-refractivity contribution in [3.8, 4) is 33.6 Å². The maximum atomic E-state index is 5.15. The van der Waals surface area contributed by atoms with Crippen molar-refractivity contribution in [3.63, 3.8) is 0 Å². The molecule has 2 aromatic heterocycles. The van der Waals surface area contributed by atoms with Crippen LogP contribution in [-0.2, 0) is 0 Å². The average molecular weight is 509 g/mol. The van der Waals surface area contributed by atoms with Crippen LogP contribution in [0.4, 0.5) is 0 Å². The zero-order valence-electron chi connectivity index (χ0n) is 21.8. The second-order valence-electron chi connectivity index (χ2n) is 10.2. The first-order valence-electron chi connectivity index (χ1n) is 13.6. The molecule has 0 saturated heterocycles. The summed E-state index contributed by atoms with van der Waals surface area (Å²) < 4.78 is 0. The van der Waals surface area contributed by atoms with Crippen LogP contribution in [0.5, 0.6) is 0 Å². The van der Waals surface area contributed by atoms with E-state index >= 15 is 0 Å². The van der Waals surface area contributed by atoms with Gasteiger partial charge in [-0.2, -0.15) is 0 Å². The fourth-order valence-corrected chi connectivity index (χ4v) is 5.83. The Morgan fingerprint density at radius 3 is 1.35 bits per heavy atom. The third-order valence-electron chi connectivity index (χ3n) is 7.83. The monoisotopic (exact) mass is 508 g/mol. The van der Waals surface area contributed by atoms with Crippen molar-refractivity contribution in [2.45, 2.75) is 0 Å². The summed E-state index contributed by atoms with van der Waals surface area (Å²) in [5, 5.41) is 7.23. The molecule has 2 heteroatoms. The number of fused-ring (bicyclic) bond motifs is 5. The van der Waals surface area contributed by atoms with Gasteiger partial charge in [0, 0.05) is 21.9 Å². The largest absolute Gasteiger partial charge is 0.245 e. The maximum absolute atomic E-state index is 5.15. The maximum Gasteiger partial charge on any atom is 0.0972 e. The summed E-state index contributed by atoms with van der Waals surface area (Å²) in [6, 6.07) is 51.5. The van der Waals surface area contributed by atoms with E-state index in [4.69, 9.17) is 9.97 Å². The van der Waals surface area contributed by atoms with Crippen LogP contribution in [0, 0.1) is 0 Å². The smallest absolute Gasteiger partial charge is 0.0972 e. The standard InChI is InChI=1S/C38H24N2/c1-2-8-25(9-3-1)34-22-20-28-18-19-29-21-23-35(40-38(29)37(28)39-34)26-14-16-27(17-15-26)36-32-12-6-4-10-30(32)24-31-11-5-7-13-33(31)36/h1-24H. The van der Waals surface area contributed by atoms with E-state index in [0.29, 0.717) is 0 Å². The van der Waals surface area contributed by atoms with Crippen LogP contribution in [0.1, 0.15) is 0 Å². The molecule has 0 spiro atoms. The Balaban J connectivity index is 1.26. The summed E-state index contributed by atoms with van der Waals surface area (Å²) in [5.41, 5.74) is 8.44. The highest BCUT2D eigenvalue weighted by molar-refractivity contribution is 6.12. The van der Waals surface area contributed by atoms with Gasteiger partial charge >= 0.3 is 0 Å². The van der Waals surface area contributed by atoms with Crippen molar-refractivity contribution >= 4 is 43.4 Å². The van der Waals surface area contributed by atoms with Crippen LogP contribution in [0.15, 0.2) is 146 Å². The molecule has 0 atom stereocenters. The molecule has 0 N–H and O–H groups in total. The Hall–Kier alpha value is -5.34. The lowest BCUT2D eigenvalue weighted by Crippen LogP contribution is -1.91. The molecule has 0 fully saturated rings. The molecular weight excluding hydrogens is 484 g/mol. The summed E-state index contributed by atoms with van der Waals surface area (Å²) in [4.78, 5) is 10.2. The molecule has 0 unspecified atom stereocenters. The van der Waals surface area contributed by atoms with Crippen LogP contribution in [0.3, 0.4) is 0 Å². The van der Waals surface area contributed by atoms with E-state index in [9.17, 15) is 0 Å². The number of nitrogens with zero attached hydrogens (tertiary/aromatic N) is 2. The fourth-order valence-electron chi connectivity index (χ4n) is 5.83. The highest BCUT2D eigenvalue weighted by Gasteiger charge is 2.12. The first-order chi connectivity index (χ1) is 19.8. The van der Waals surface area contributed by atoms with E-state index in [1.165, 1.54) is 32.7 Å². The molecule has 0 bridgehead atoms. The molecule has 2 nitrogen and oxygen atoms in total. The van der Waals surface area contributed by atoms with Crippen molar-refractivity contribution in [1.82, 2.24) is 9.97 Å². The Bertz CT molecular complexity index is 2140. The lowest BCUT2D eigenvalue weighted by molar-refractivity contribution is 1.36. The number of pyridine rings is 2. The van der Waals surface area contributed by atoms with E-state index in [1.807, 2.05) is 18.2 Å². The normalized spacial score (nSPS) is 11.5. The van der Waals surface area contributed by atoms with Crippen molar-refractivity contribution in [2.24, 2.45) is 0 Å². The Labute approximate surface area is 232 Å². The molecule has 186 valence electrons. The molecule has 0 aliphatic heterocycles. The summed E-state index contributed by atoms with van der Waals surface area (Å²) in [7, 11) is 0. The Morgan fingerprint density at radius 1 is 0.325 bits per heavy atom. The number of rotatable bonds is 3. The summed E-state index contributed by atoms with van der Waals surface area (Å²) in [6.07, 6.45) is 0. The molecule has 2 heterocycles. The predicted octanol–water partition coefficient (Wildman–Crippen LogP) is 10.1. The summed E-state index contributed by atoms with van der Waals surface area (Å²) >= 11 is 0. The van der Waals surface area contributed by atoms with Crippen LogP contribution in [-0.4, -0.2) is 9.97 Å². The molecule has 8 aromatic rings. The second-order valence-corrected chi connectivity index (χ2v) is 10.2. The molecule has 0 amide bonds. The van der Waals surface area contributed by atoms with Gasteiger partial charge in [-0.1, -0.05) is 127 Å². The highest BCUT2D eigenvalue weighted by atomic mass is 14.8. The first-order valence-corrected chi connectivity index (χ1v) is 13.6. The molecule has 8 rings (SSSR count). The van der Waals surface area contributed by atoms with Gasteiger partial charge in [0.05, 0.1) is 22.4 Å². The minimum atomic E-state index is 0.928. The SMILES string of the molecule is c1ccc(-c2ccc3ccc4ccc(-c5ccc(-c6c7ccccc7cc7ccccc67)cc5)nc4c3n2)cc1. The van der Waals surface area contributed by atoms with E-state index in [0.717, 1.165) is 44.3 Å². The van der Waals surface area contributed by atoms with Crippen LogP contribution in [0.2, 0.25) is 0 Å². The van der Waals surface area contributed by atoms with Gasteiger partial charge in [0.2, 0.25) is 0 Å². The van der Waals surface area contributed by atoms with Gasteiger partial charge in [0.15, 0.2) is 0 Å². The van der Waals surface area contributed by atoms with E-state index in [2.05, 4.69) is 127 Å². The summed E-state index contributed by atoms with van der Waals surface area (Å²) in [6.45, 7) is 0. The van der Waals surface area contributed by atoms with Crippen LogP contribution < -0.4 is 0 Å². The second kappa shape index (κ2) is 9.14. The molecule has 0 saturated carbocycles. The van der Waals surface area contributed by atoms with Gasteiger partial charge in [0.1, 0.15) is 0 Å². The number of aromatic nitrogens is 2. The molecular formula is C38H24N2. The third-order valence-corrected chi connectivity index (χ3v) is 7.83. The van der Waals surface area contributed by atoms with Gasteiger partial charge in [-0.3, -0.25) is 0 Å². The lowest BCUT2D eigenvalue weighted by atomic mass is 9.91. The molecule has 0 radical (unpaired) electrons. The minimum absolute atomic E-state index is 0.928. The van der Waals surface area contributed by atoms with Crippen molar-refractivity contribution in [3.05, 3.63) is 146 Å². The van der Waals surface area contributed by atoms with Crippen LogP contribution in [0.25, 0.3) is 77.0 Å². The van der Waals surface area contributed by atoms with E-state index in [-0.39, 0.29) is 0 Å². The van der Waals surface area contributed by atoms with E-state index < -0.39 is 0 Å². The van der Waals surface area contributed by atoms with Gasteiger partial charge in [0.25, 0.3) is 0 Å². The van der Waals surface area contributed by atoms with Crippen LogP contribution >= 0.6 is 0 Å². The minimum Gasteiger partial charge on any atom is -0.245 e. The Morgan fingerprint density at radius 2 is 0.775 bits per heavy atom. The highest BCUT2D eigenvalue weighted by Crippen LogP contribution is 2.37. The first kappa shape index (κ1) is 22.6. The predicted molar refractivity (Wildman–Crippen MR) is 168 cm³/mol. The molecule has 40 heavy (non-hydrogen) atoms. The number of hydrogen-bond donors (Lipinski definition) is 0. The fraction of sp³-hybridized carbons (Fsp3) is 0.